The molecule has 4 heteroatoms. The standard InChI is InChI=1S/C33H23N3S/c1-4-12-22(13-5-1)25-18-10-19-26-29-27(20-11-21-28(29)37-30(25)26)33-35-31(23-14-6-2-7-15-23)34-32(36-33)24-16-8-3-9-17-24/h1-21,33H,(H,34,35,36). The van der Waals surface area contributed by atoms with E-state index in [0.29, 0.717) is 0 Å². The number of fused-ring (bicyclic) bond motifs is 3. The molecule has 0 radical (unpaired) electrons. The second-order valence-electron chi connectivity index (χ2n) is 9.06. The molecule has 3 nitrogen and oxygen atoms in total. The van der Waals surface area contributed by atoms with Gasteiger partial charge in [0.2, 0.25) is 0 Å². The Balaban J connectivity index is 1.42. The Morgan fingerprint density at radius 3 is 1.97 bits per heavy atom. The molecule has 6 aromatic rings. The van der Waals surface area contributed by atoms with Crippen molar-refractivity contribution in [3.05, 3.63) is 144 Å². The van der Waals surface area contributed by atoms with Gasteiger partial charge in [-0.2, -0.15) is 0 Å². The van der Waals surface area contributed by atoms with Gasteiger partial charge < -0.3 is 5.32 Å². The highest BCUT2D eigenvalue weighted by atomic mass is 32.1. The molecule has 1 aromatic heterocycles. The quantitative estimate of drug-likeness (QED) is 0.264. The van der Waals surface area contributed by atoms with Gasteiger partial charge in [-0.15, -0.1) is 11.3 Å². The lowest BCUT2D eigenvalue weighted by Crippen LogP contribution is -2.33. The maximum Gasteiger partial charge on any atom is 0.159 e. The molecule has 5 aromatic carbocycles. The molecule has 0 bridgehead atoms. The molecule has 2 heterocycles. The number of nitrogens with zero attached hydrogens (tertiary/aromatic N) is 2. The van der Waals surface area contributed by atoms with E-state index >= 15 is 0 Å². The average molecular weight is 494 g/mol. The molecule has 1 aliphatic heterocycles. The first-order valence-electron chi connectivity index (χ1n) is 12.4. The summed E-state index contributed by atoms with van der Waals surface area (Å²) in [6.07, 6.45) is -0.259. The van der Waals surface area contributed by atoms with Gasteiger partial charge in [0.1, 0.15) is 12.0 Å². The van der Waals surface area contributed by atoms with Gasteiger partial charge >= 0.3 is 0 Å². The normalized spacial score (nSPS) is 15.3. The molecule has 1 atom stereocenters. The maximum atomic E-state index is 5.14. The van der Waals surface area contributed by atoms with Gasteiger partial charge in [0.25, 0.3) is 0 Å². The van der Waals surface area contributed by atoms with Crippen LogP contribution in [0.4, 0.5) is 0 Å². The monoisotopic (exact) mass is 493 g/mol. The minimum Gasteiger partial charge on any atom is -0.344 e. The zero-order valence-corrected chi connectivity index (χ0v) is 20.8. The maximum absolute atomic E-state index is 5.14. The number of aliphatic imine (C=N–C) groups is 2. The van der Waals surface area contributed by atoms with Crippen LogP contribution in [0.15, 0.2) is 137 Å². The van der Waals surface area contributed by atoms with Crippen molar-refractivity contribution in [2.75, 3.05) is 0 Å². The lowest BCUT2D eigenvalue weighted by atomic mass is 9.99. The molecule has 1 unspecified atom stereocenters. The van der Waals surface area contributed by atoms with Crippen LogP contribution in [0, 0.1) is 0 Å². The van der Waals surface area contributed by atoms with Crippen LogP contribution in [0.5, 0.6) is 0 Å². The van der Waals surface area contributed by atoms with Crippen LogP contribution in [0.2, 0.25) is 0 Å². The Kier molecular flexibility index (Phi) is 5.38. The van der Waals surface area contributed by atoms with Crippen molar-refractivity contribution in [2.45, 2.75) is 6.17 Å². The van der Waals surface area contributed by atoms with Crippen LogP contribution in [-0.4, -0.2) is 11.7 Å². The molecule has 37 heavy (non-hydrogen) atoms. The van der Waals surface area contributed by atoms with Crippen LogP contribution in [0.1, 0.15) is 22.9 Å². The van der Waals surface area contributed by atoms with Crippen molar-refractivity contribution >= 4 is 43.2 Å². The molecule has 0 saturated heterocycles. The summed E-state index contributed by atoms with van der Waals surface area (Å²) in [6.45, 7) is 0. The van der Waals surface area contributed by atoms with Gasteiger partial charge in [-0.1, -0.05) is 121 Å². The Morgan fingerprint density at radius 2 is 1.24 bits per heavy atom. The summed E-state index contributed by atoms with van der Waals surface area (Å²) in [6, 6.07) is 44.3. The molecule has 0 fully saturated rings. The van der Waals surface area contributed by atoms with Crippen molar-refractivity contribution in [3.8, 4) is 11.1 Å². The smallest absolute Gasteiger partial charge is 0.159 e. The molecule has 0 saturated carbocycles. The highest BCUT2D eigenvalue weighted by Crippen LogP contribution is 2.43. The molecular weight excluding hydrogens is 470 g/mol. The van der Waals surface area contributed by atoms with Crippen LogP contribution in [0.3, 0.4) is 0 Å². The van der Waals surface area contributed by atoms with Gasteiger partial charge in [0, 0.05) is 36.9 Å². The van der Waals surface area contributed by atoms with Gasteiger partial charge in [-0.25, -0.2) is 9.98 Å². The van der Waals surface area contributed by atoms with Crippen molar-refractivity contribution in [1.29, 1.82) is 0 Å². The first-order chi connectivity index (χ1) is 18.3. The van der Waals surface area contributed by atoms with Gasteiger partial charge in [-0.05, 0) is 17.2 Å². The number of amidine groups is 2. The van der Waals surface area contributed by atoms with E-state index in [9.17, 15) is 0 Å². The highest BCUT2D eigenvalue weighted by molar-refractivity contribution is 7.26. The summed E-state index contributed by atoms with van der Waals surface area (Å²) in [4.78, 5) is 10.1. The van der Waals surface area contributed by atoms with Gasteiger partial charge in [0.15, 0.2) is 5.84 Å². The minimum absolute atomic E-state index is 0.259. The Bertz CT molecular complexity index is 1790. The Hall–Kier alpha value is -4.54. The van der Waals surface area contributed by atoms with E-state index in [1.165, 1.54) is 31.3 Å². The molecule has 176 valence electrons. The fourth-order valence-corrected chi connectivity index (χ4v) is 6.29. The molecule has 1 aliphatic rings. The van der Waals surface area contributed by atoms with Crippen molar-refractivity contribution in [1.82, 2.24) is 5.32 Å². The van der Waals surface area contributed by atoms with Crippen LogP contribution >= 0.6 is 11.3 Å². The molecule has 0 amide bonds. The van der Waals surface area contributed by atoms with E-state index in [1.54, 1.807) is 0 Å². The summed E-state index contributed by atoms with van der Waals surface area (Å²) in [5.41, 5.74) is 5.72. The predicted molar refractivity (Wildman–Crippen MR) is 157 cm³/mol. The second-order valence-corrected chi connectivity index (χ2v) is 10.1. The lowest BCUT2D eigenvalue weighted by molar-refractivity contribution is 0.680. The number of hydrogen-bond donors (Lipinski definition) is 1. The van der Waals surface area contributed by atoms with Gasteiger partial charge in [0.05, 0.1) is 0 Å². The summed E-state index contributed by atoms with van der Waals surface area (Å²) in [5.74, 6) is 1.57. The van der Waals surface area contributed by atoms with Crippen molar-refractivity contribution in [3.63, 3.8) is 0 Å². The van der Waals surface area contributed by atoms with E-state index in [2.05, 4.69) is 96.3 Å². The first-order valence-corrected chi connectivity index (χ1v) is 13.2. The Morgan fingerprint density at radius 1 is 0.595 bits per heavy atom. The molecular formula is C33H23N3S. The fraction of sp³-hybridized carbons (Fsp3) is 0.0303. The van der Waals surface area contributed by atoms with E-state index in [-0.39, 0.29) is 6.17 Å². The predicted octanol–water partition coefficient (Wildman–Crippen LogP) is 8.22. The van der Waals surface area contributed by atoms with Gasteiger partial charge in [-0.3, -0.25) is 0 Å². The first kappa shape index (κ1) is 21.7. The molecule has 0 aliphatic carbocycles. The SMILES string of the molecule is c1ccc(C2=NC(c3cccc4sc5c(-c6ccccc6)cccc5c34)NC(c3ccccc3)=N2)cc1. The van der Waals surface area contributed by atoms with Crippen LogP contribution < -0.4 is 5.32 Å². The summed E-state index contributed by atoms with van der Waals surface area (Å²) >= 11 is 1.85. The number of hydrogen-bond acceptors (Lipinski definition) is 4. The van der Waals surface area contributed by atoms with Crippen molar-refractivity contribution < 1.29 is 0 Å². The minimum atomic E-state index is -0.259. The molecule has 0 spiro atoms. The number of benzene rings is 5. The zero-order chi connectivity index (χ0) is 24.6. The topological polar surface area (TPSA) is 36.8 Å². The lowest BCUT2D eigenvalue weighted by Gasteiger charge is -2.24. The van der Waals surface area contributed by atoms with E-state index in [0.717, 1.165) is 28.4 Å². The molecule has 1 N–H and O–H groups in total. The third-order valence-electron chi connectivity index (χ3n) is 6.76. The van der Waals surface area contributed by atoms with Crippen LogP contribution in [-0.2, 0) is 0 Å². The molecule has 7 rings (SSSR count). The summed E-state index contributed by atoms with van der Waals surface area (Å²) in [5, 5.41) is 6.16. The third kappa shape index (κ3) is 3.92. The number of thiophene rings is 1. The van der Waals surface area contributed by atoms with E-state index in [4.69, 9.17) is 9.98 Å². The highest BCUT2D eigenvalue weighted by Gasteiger charge is 2.24. The third-order valence-corrected chi connectivity index (χ3v) is 7.96. The summed E-state index contributed by atoms with van der Waals surface area (Å²) < 4.78 is 2.56. The number of rotatable bonds is 4. The largest absolute Gasteiger partial charge is 0.344 e. The zero-order valence-electron chi connectivity index (χ0n) is 20.0. The summed E-state index contributed by atoms with van der Waals surface area (Å²) in [7, 11) is 0. The Labute approximate surface area is 219 Å². The van der Waals surface area contributed by atoms with E-state index in [1.807, 2.05) is 47.7 Å². The number of nitrogens with one attached hydrogen (secondary N) is 1. The van der Waals surface area contributed by atoms with Crippen molar-refractivity contribution in [2.24, 2.45) is 9.98 Å². The van der Waals surface area contributed by atoms with E-state index < -0.39 is 0 Å². The average Bonchev–Trinajstić information content (AvgIpc) is 3.37. The fourth-order valence-electron chi connectivity index (χ4n) is 5.02. The van der Waals surface area contributed by atoms with Crippen LogP contribution in [0.25, 0.3) is 31.3 Å². The second kappa shape index (κ2) is 9.16.